The van der Waals surface area contributed by atoms with E-state index in [1.165, 1.54) is 0 Å². The summed E-state index contributed by atoms with van der Waals surface area (Å²) in [4.78, 5) is 39.4. The molecule has 1 saturated heterocycles. The molecule has 37 heavy (non-hydrogen) atoms. The smallest absolute Gasteiger partial charge is 0.343 e. The first kappa shape index (κ1) is 26.8. The summed E-state index contributed by atoms with van der Waals surface area (Å²) in [5.74, 6) is 0.0621. The van der Waals surface area contributed by atoms with Gasteiger partial charge in [0.25, 0.3) is 11.1 Å². The maximum atomic E-state index is 12.9. The Morgan fingerprint density at radius 3 is 2.49 bits per heavy atom. The Morgan fingerprint density at radius 2 is 1.76 bits per heavy atom. The normalized spacial score (nSPS) is 14.2. The Morgan fingerprint density at radius 1 is 1.03 bits per heavy atom. The van der Waals surface area contributed by atoms with Crippen LogP contribution in [0.1, 0.15) is 22.8 Å². The third-order valence-corrected chi connectivity index (χ3v) is 6.93. The number of hydrogen-bond donors (Lipinski definition) is 0. The molecule has 0 spiro atoms. The van der Waals surface area contributed by atoms with E-state index >= 15 is 0 Å². The van der Waals surface area contributed by atoms with Crippen LogP contribution in [-0.2, 0) is 4.79 Å². The molecule has 0 N–H and O–H groups in total. The standard InChI is InChI=1S/C27H21BrClNO6S/c1-2-34-22-15-17(14-19(28)24(22)36-26(32)18-8-4-3-5-9-18)16-23-25(31)30(27(33)37-23)12-13-35-21-11-7-6-10-20(21)29/h3-11,14-16H,2,12-13H2,1H3/b23-16-. The fourth-order valence-electron chi connectivity index (χ4n) is 3.41. The van der Waals surface area contributed by atoms with Crippen LogP contribution in [0.4, 0.5) is 4.79 Å². The SMILES string of the molecule is CCOc1cc(/C=C2\SC(=O)N(CCOc3ccccc3Cl)C2=O)cc(Br)c1OC(=O)c1ccccc1. The summed E-state index contributed by atoms with van der Waals surface area (Å²) in [6.07, 6.45) is 1.59. The number of thioether (sulfide) groups is 1. The first-order chi connectivity index (χ1) is 17.9. The van der Waals surface area contributed by atoms with E-state index in [1.54, 1.807) is 79.7 Å². The Hall–Kier alpha value is -3.27. The molecule has 0 saturated carbocycles. The average Bonchev–Trinajstić information content (AvgIpc) is 3.15. The average molecular weight is 603 g/mol. The molecule has 2 amide bonds. The predicted molar refractivity (Wildman–Crippen MR) is 146 cm³/mol. The van der Waals surface area contributed by atoms with Crippen molar-refractivity contribution in [3.05, 3.63) is 92.3 Å². The number of nitrogens with zero attached hydrogens (tertiary/aromatic N) is 1. The van der Waals surface area contributed by atoms with Crippen molar-refractivity contribution in [3.63, 3.8) is 0 Å². The van der Waals surface area contributed by atoms with Crippen molar-refractivity contribution in [1.29, 1.82) is 0 Å². The summed E-state index contributed by atoms with van der Waals surface area (Å²) in [6, 6.07) is 18.9. The maximum absolute atomic E-state index is 12.9. The van der Waals surface area contributed by atoms with Crippen molar-refractivity contribution in [2.75, 3.05) is 19.8 Å². The van der Waals surface area contributed by atoms with Gasteiger partial charge in [0.05, 0.1) is 33.1 Å². The van der Waals surface area contributed by atoms with Crippen LogP contribution in [0, 0.1) is 0 Å². The molecule has 1 heterocycles. The lowest BCUT2D eigenvalue weighted by atomic mass is 10.1. The topological polar surface area (TPSA) is 82.1 Å². The van der Waals surface area contributed by atoms with Gasteiger partial charge in [0, 0.05) is 0 Å². The highest BCUT2D eigenvalue weighted by molar-refractivity contribution is 9.10. The van der Waals surface area contributed by atoms with Gasteiger partial charge in [-0.05, 0) is 82.7 Å². The number of rotatable bonds is 9. The maximum Gasteiger partial charge on any atom is 0.343 e. The number of carbonyl (C=O) groups is 3. The molecule has 1 aliphatic rings. The molecular formula is C27H21BrClNO6S. The minimum absolute atomic E-state index is 0.0789. The Balaban J connectivity index is 1.49. The van der Waals surface area contributed by atoms with Crippen LogP contribution in [0.2, 0.25) is 5.02 Å². The third-order valence-electron chi connectivity index (χ3n) is 5.12. The fourth-order valence-corrected chi connectivity index (χ4v) is 5.01. The number of amides is 2. The van der Waals surface area contributed by atoms with Crippen LogP contribution >= 0.6 is 39.3 Å². The summed E-state index contributed by atoms with van der Waals surface area (Å²) < 4.78 is 17.4. The molecule has 0 unspecified atom stereocenters. The lowest BCUT2D eigenvalue weighted by Gasteiger charge is -2.14. The molecule has 3 aromatic rings. The van der Waals surface area contributed by atoms with Crippen LogP contribution in [0.25, 0.3) is 6.08 Å². The molecular weight excluding hydrogens is 582 g/mol. The summed E-state index contributed by atoms with van der Waals surface area (Å²) in [6.45, 7) is 2.32. The molecule has 7 nitrogen and oxygen atoms in total. The van der Waals surface area contributed by atoms with E-state index in [-0.39, 0.29) is 23.8 Å². The van der Waals surface area contributed by atoms with E-state index in [4.69, 9.17) is 25.8 Å². The molecule has 1 aliphatic heterocycles. The largest absolute Gasteiger partial charge is 0.490 e. The molecule has 0 bridgehead atoms. The van der Waals surface area contributed by atoms with Gasteiger partial charge in [-0.2, -0.15) is 0 Å². The molecule has 0 atom stereocenters. The van der Waals surface area contributed by atoms with Crippen molar-refractivity contribution in [2.24, 2.45) is 0 Å². The highest BCUT2D eigenvalue weighted by Gasteiger charge is 2.35. The molecule has 0 radical (unpaired) electrons. The van der Waals surface area contributed by atoms with Gasteiger partial charge in [-0.15, -0.1) is 0 Å². The van der Waals surface area contributed by atoms with E-state index < -0.39 is 17.1 Å². The Bertz CT molecular complexity index is 1360. The summed E-state index contributed by atoms with van der Waals surface area (Å²) in [5.41, 5.74) is 0.987. The molecule has 4 rings (SSSR count). The van der Waals surface area contributed by atoms with Gasteiger partial charge in [-0.3, -0.25) is 14.5 Å². The Labute approximate surface area is 231 Å². The molecule has 190 valence electrons. The minimum atomic E-state index is -0.532. The number of imide groups is 1. The first-order valence-electron chi connectivity index (χ1n) is 11.2. The van der Waals surface area contributed by atoms with Crippen LogP contribution in [-0.4, -0.2) is 41.8 Å². The number of hydrogen-bond acceptors (Lipinski definition) is 7. The minimum Gasteiger partial charge on any atom is -0.490 e. The zero-order chi connectivity index (χ0) is 26.4. The van der Waals surface area contributed by atoms with Gasteiger partial charge in [0.1, 0.15) is 12.4 Å². The summed E-state index contributed by atoms with van der Waals surface area (Å²) in [5, 5.41) is 0.0571. The van der Waals surface area contributed by atoms with Gasteiger partial charge in [0.15, 0.2) is 11.5 Å². The summed E-state index contributed by atoms with van der Waals surface area (Å²) in [7, 11) is 0. The number of para-hydroxylation sites is 1. The molecule has 0 aromatic heterocycles. The van der Waals surface area contributed by atoms with Crippen molar-refractivity contribution >= 4 is 62.5 Å². The van der Waals surface area contributed by atoms with Crippen molar-refractivity contribution in [1.82, 2.24) is 4.90 Å². The second-order valence-corrected chi connectivity index (χ2v) is 9.89. The van der Waals surface area contributed by atoms with Gasteiger partial charge >= 0.3 is 5.97 Å². The van der Waals surface area contributed by atoms with E-state index in [0.29, 0.717) is 38.7 Å². The van der Waals surface area contributed by atoms with E-state index in [1.807, 2.05) is 0 Å². The van der Waals surface area contributed by atoms with E-state index in [0.717, 1.165) is 16.7 Å². The quantitative estimate of drug-likeness (QED) is 0.151. The lowest BCUT2D eigenvalue weighted by molar-refractivity contribution is -0.123. The van der Waals surface area contributed by atoms with Crippen molar-refractivity contribution < 1.29 is 28.6 Å². The highest BCUT2D eigenvalue weighted by atomic mass is 79.9. The first-order valence-corrected chi connectivity index (χ1v) is 13.2. The van der Waals surface area contributed by atoms with Gasteiger partial charge < -0.3 is 14.2 Å². The predicted octanol–water partition coefficient (Wildman–Crippen LogP) is 6.84. The van der Waals surface area contributed by atoms with Crippen LogP contribution in [0.15, 0.2) is 76.1 Å². The van der Waals surface area contributed by atoms with Crippen LogP contribution in [0.3, 0.4) is 0 Å². The van der Waals surface area contributed by atoms with Gasteiger partial charge in [0.2, 0.25) is 0 Å². The number of esters is 1. The fraction of sp³-hybridized carbons (Fsp3) is 0.148. The van der Waals surface area contributed by atoms with Crippen LogP contribution in [0.5, 0.6) is 17.2 Å². The molecule has 1 fully saturated rings. The summed E-state index contributed by atoms with van der Waals surface area (Å²) >= 11 is 10.4. The second kappa shape index (κ2) is 12.3. The number of ether oxygens (including phenoxy) is 3. The third kappa shape index (κ3) is 6.54. The van der Waals surface area contributed by atoms with E-state index in [9.17, 15) is 14.4 Å². The molecule has 0 aliphatic carbocycles. The number of halogens is 2. The van der Waals surface area contributed by atoms with Gasteiger partial charge in [-0.1, -0.05) is 41.9 Å². The van der Waals surface area contributed by atoms with Crippen molar-refractivity contribution in [2.45, 2.75) is 6.92 Å². The molecule has 10 heteroatoms. The van der Waals surface area contributed by atoms with Crippen molar-refractivity contribution in [3.8, 4) is 17.2 Å². The zero-order valence-corrected chi connectivity index (χ0v) is 22.8. The van der Waals surface area contributed by atoms with Gasteiger partial charge in [-0.25, -0.2) is 4.79 Å². The second-order valence-electron chi connectivity index (χ2n) is 7.63. The number of carbonyl (C=O) groups excluding carboxylic acids is 3. The van der Waals surface area contributed by atoms with Crippen LogP contribution < -0.4 is 14.2 Å². The molecule has 3 aromatic carbocycles. The number of benzene rings is 3. The van der Waals surface area contributed by atoms with E-state index in [2.05, 4.69) is 15.9 Å². The lowest BCUT2D eigenvalue weighted by Crippen LogP contribution is -2.32. The monoisotopic (exact) mass is 601 g/mol. The highest BCUT2D eigenvalue weighted by Crippen LogP contribution is 2.39. The Kier molecular flexibility index (Phi) is 8.91. The zero-order valence-electron chi connectivity index (χ0n) is 19.6.